The van der Waals surface area contributed by atoms with Crippen LogP contribution in [0.1, 0.15) is 24.1 Å². The Hall–Kier alpha value is -0.890. The SMILES string of the molecule is CNC(Cc1ncccc1C)C1CC1. The second-order valence-electron chi connectivity index (χ2n) is 4.20. The third-order valence-electron chi connectivity index (χ3n) is 3.09. The third-order valence-corrected chi connectivity index (χ3v) is 3.09. The molecule has 0 bridgehead atoms. The van der Waals surface area contributed by atoms with E-state index in [0.29, 0.717) is 6.04 Å². The Morgan fingerprint density at radius 2 is 2.36 bits per heavy atom. The maximum atomic E-state index is 4.44. The lowest BCUT2D eigenvalue weighted by Gasteiger charge is -2.15. The first-order valence-electron chi connectivity index (χ1n) is 5.39. The molecule has 1 aromatic heterocycles. The van der Waals surface area contributed by atoms with Crippen molar-refractivity contribution in [3.05, 3.63) is 29.6 Å². The summed E-state index contributed by atoms with van der Waals surface area (Å²) >= 11 is 0. The van der Waals surface area contributed by atoms with Crippen molar-refractivity contribution in [2.75, 3.05) is 7.05 Å². The summed E-state index contributed by atoms with van der Waals surface area (Å²) in [5.74, 6) is 0.890. The first kappa shape index (κ1) is 9.66. The van der Waals surface area contributed by atoms with Gasteiger partial charge in [-0.3, -0.25) is 4.98 Å². The number of aryl methyl sites for hydroxylation is 1. The molecule has 0 aliphatic heterocycles. The number of hydrogen-bond acceptors (Lipinski definition) is 2. The zero-order chi connectivity index (χ0) is 9.97. The summed E-state index contributed by atoms with van der Waals surface area (Å²) in [6.45, 7) is 2.14. The maximum Gasteiger partial charge on any atom is 0.0448 e. The lowest BCUT2D eigenvalue weighted by molar-refractivity contribution is 0.494. The Morgan fingerprint density at radius 1 is 1.57 bits per heavy atom. The number of pyridine rings is 1. The van der Waals surface area contributed by atoms with Gasteiger partial charge in [0.05, 0.1) is 0 Å². The number of nitrogens with zero attached hydrogens (tertiary/aromatic N) is 1. The van der Waals surface area contributed by atoms with Gasteiger partial charge < -0.3 is 5.32 Å². The molecular formula is C12H18N2. The molecule has 1 fully saturated rings. The molecule has 1 aliphatic carbocycles. The molecule has 1 N–H and O–H groups in total. The molecule has 2 heteroatoms. The monoisotopic (exact) mass is 190 g/mol. The van der Waals surface area contributed by atoms with E-state index in [1.807, 2.05) is 12.3 Å². The van der Waals surface area contributed by atoms with Crippen molar-refractivity contribution in [2.24, 2.45) is 5.92 Å². The highest BCUT2D eigenvalue weighted by molar-refractivity contribution is 5.19. The second-order valence-corrected chi connectivity index (χ2v) is 4.20. The van der Waals surface area contributed by atoms with Crippen molar-refractivity contribution in [1.82, 2.24) is 10.3 Å². The van der Waals surface area contributed by atoms with Crippen LogP contribution in [0, 0.1) is 12.8 Å². The molecule has 1 saturated carbocycles. The summed E-state index contributed by atoms with van der Waals surface area (Å²) in [5.41, 5.74) is 2.56. The normalized spacial score (nSPS) is 18.1. The molecule has 1 unspecified atom stereocenters. The van der Waals surface area contributed by atoms with Crippen LogP contribution < -0.4 is 5.32 Å². The zero-order valence-electron chi connectivity index (χ0n) is 8.96. The van der Waals surface area contributed by atoms with Crippen molar-refractivity contribution in [3.63, 3.8) is 0 Å². The third kappa shape index (κ3) is 2.13. The average molecular weight is 190 g/mol. The van der Waals surface area contributed by atoms with Crippen LogP contribution >= 0.6 is 0 Å². The Balaban J connectivity index is 2.04. The molecule has 0 amide bonds. The molecular weight excluding hydrogens is 172 g/mol. The summed E-state index contributed by atoms with van der Waals surface area (Å²) in [6.07, 6.45) is 5.74. The molecule has 0 saturated heterocycles. The van der Waals surface area contributed by atoms with Gasteiger partial charge in [0.25, 0.3) is 0 Å². The van der Waals surface area contributed by atoms with Gasteiger partial charge in [-0.05, 0) is 44.4 Å². The highest BCUT2D eigenvalue weighted by Gasteiger charge is 2.30. The van der Waals surface area contributed by atoms with E-state index in [0.717, 1.165) is 12.3 Å². The van der Waals surface area contributed by atoms with Crippen LogP contribution in [0.2, 0.25) is 0 Å². The van der Waals surface area contributed by atoms with Gasteiger partial charge in [0.15, 0.2) is 0 Å². The number of likely N-dealkylation sites (N-methyl/N-ethyl adjacent to an activating group) is 1. The minimum absolute atomic E-state index is 0.628. The Kier molecular flexibility index (Phi) is 2.82. The molecule has 1 aromatic rings. The van der Waals surface area contributed by atoms with E-state index in [2.05, 4.69) is 30.3 Å². The fraction of sp³-hybridized carbons (Fsp3) is 0.583. The molecule has 0 spiro atoms. The van der Waals surface area contributed by atoms with E-state index in [1.165, 1.54) is 24.1 Å². The van der Waals surface area contributed by atoms with E-state index in [1.54, 1.807) is 0 Å². The minimum atomic E-state index is 0.628. The van der Waals surface area contributed by atoms with Crippen LogP contribution in [0.5, 0.6) is 0 Å². The maximum absolute atomic E-state index is 4.44. The Morgan fingerprint density at radius 3 is 2.93 bits per heavy atom. The molecule has 0 aromatic carbocycles. The fourth-order valence-corrected chi connectivity index (χ4v) is 1.94. The summed E-state index contributed by atoms with van der Waals surface area (Å²) < 4.78 is 0. The summed E-state index contributed by atoms with van der Waals surface area (Å²) in [6, 6.07) is 4.77. The van der Waals surface area contributed by atoms with E-state index in [9.17, 15) is 0 Å². The van der Waals surface area contributed by atoms with Crippen LogP contribution in [-0.4, -0.2) is 18.1 Å². The molecule has 1 atom stereocenters. The minimum Gasteiger partial charge on any atom is -0.316 e. The summed E-state index contributed by atoms with van der Waals surface area (Å²) in [5, 5.41) is 3.40. The van der Waals surface area contributed by atoms with Crippen molar-refractivity contribution in [3.8, 4) is 0 Å². The van der Waals surface area contributed by atoms with E-state index < -0.39 is 0 Å². The van der Waals surface area contributed by atoms with Gasteiger partial charge in [0, 0.05) is 24.4 Å². The summed E-state index contributed by atoms with van der Waals surface area (Å²) in [4.78, 5) is 4.44. The molecule has 1 aliphatic rings. The zero-order valence-corrected chi connectivity index (χ0v) is 8.96. The predicted molar refractivity (Wildman–Crippen MR) is 58.2 cm³/mol. The topological polar surface area (TPSA) is 24.9 Å². The van der Waals surface area contributed by atoms with Crippen LogP contribution in [-0.2, 0) is 6.42 Å². The number of nitrogens with one attached hydrogen (secondary N) is 1. The van der Waals surface area contributed by atoms with E-state index in [-0.39, 0.29) is 0 Å². The quantitative estimate of drug-likeness (QED) is 0.784. The van der Waals surface area contributed by atoms with Crippen LogP contribution in [0.15, 0.2) is 18.3 Å². The van der Waals surface area contributed by atoms with Crippen LogP contribution in [0.4, 0.5) is 0 Å². The van der Waals surface area contributed by atoms with Gasteiger partial charge in [-0.2, -0.15) is 0 Å². The van der Waals surface area contributed by atoms with Gasteiger partial charge in [-0.25, -0.2) is 0 Å². The molecule has 2 rings (SSSR count). The highest BCUT2D eigenvalue weighted by atomic mass is 14.9. The van der Waals surface area contributed by atoms with Gasteiger partial charge in [0.1, 0.15) is 0 Å². The van der Waals surface area contributed by atoms with Gasteiger partial charge >= 0.3 is 0 Å². The number of hydrogen-bond donors (Lipinski definition) is 1. The van der Waals surface area contributed by atoms with Crippen molar-refractivity contribution < 1.29 is 0 Å². The van der Waals surface area contributed by atoms with E-state index in [4.69, 9.17) is 0 Å². The standard InChI is InChI=1S/C12H18N2/c1-9-4-3-7-14-11(9)8-12(13-2)10-5-6-10/h3-4,7,10,12-13H,5-6,8H2,1-2H3. The summed E-state index contributed by atoms with van der Waals surface area (Å²) in [7, 11) is 2.06. The lowest BCUT2D eigenvalue weighted by atomic mass is 10.0. The largest absolute Gasteiger partial charge is 0.316 e. The molecule has 2 nitrogen and oxygen atoms in total. The first-order valence-corrected chi connectivity index (χ1v) is 5.39. The Bertz CT molecular complexity index is 305. The van der Waals surface area contributed by atoms with Crippen LogP contribution in [0.3, 0.4) is 0 Å². The average Bonchev–Trinajstić information content (AvgIpc) is 3.00. The molecule has 76 valence electrons. The number of rotatable bonds is 4. The predicted octanol–water partition coefficient (Wildman–Crippen LogP) is 1.93. The molecule has 0 radical (unpaired) electrons. The fourth-order valence-electron chi connectivity index (χ4n) is 1.94. The number of aromatic nitrogens is 1. The van der Waals surface area contributed by atoms with Gasteiger partial charge in [-0.1, -0.05) is 6.07 Å². The van der Waals surface area contributed by atoms with Crippen molar-refractivity contribution >= 4 is 0 Å². The second kappa shape index (κ2) is 4.09. The van der Waals surface area contributed by atoms with Crippen molar-refractivity contribution in [1.29, 1.82) is 0 Å². The molecule has 14 heavy (non-hydrogen) atoms. The van der Waals surface area contributed by atoms with Crippen molar-refractivity contribution in [2.45, 2.75) is 32.2 Å². The highest BCUT2D eigenvalue weighted by Crippen LogP contribution is 2.33. The lowest BCUT2D eigenvalue weighted by Crippen LogP contribution is -2.30. The molecule has 1 heterocycles. The van der Waals surface area contributed by atoms with Gasteiger partial charge in [0.2, 0.25) is 0 Å². The smallest absolute Gasteiger partial charge is 0.0448 e. The van der Waals surface area contributed by atoms with E-state index >= 15 is 0 Å². The Labute approximate surface area is 85.7 Å². The van der Waals surface area contributed by atoms with Gasteiger partial charge in [-0.15, -0.1) is 0 Å². The van der Waals surface area contributed by atoms with Crippen LogP contribution in [0.25, 0.3) is 0 Å². The first-order chi connectivity index (χ1) is 6.81.